The van der Waals surface area contributed by atoms with Crippen LogP contribution in [0, 0.1) is 0 Å². The summed E-state index contributed by atoms with van der Waals surface area (Å²) in [4.78, 5) is 58.7. The third-order valence-electron chi connectivity index (χ3n) is 4.53. The molecule has 3 atom stereocenters. The van der Waals surface area contributed by atoms with Crippen LogP contribution in [-0.2, 0) is 24.0 Å². The Hall–Kier alpha value is -2.69. The van der Waals surface area contributed by atoms with Crippen LogP contribution >= 0.6 is 0 Å². The second kappa shape index (κ2) is 16.1. The lowest BCUT2D eigenvalue weighted by molar-refractivity contribution is -0.141. The molecule has 11 nitrogen and oxygen atoms in total. The Balaban J connectivity index is 4.80. The van der Waals surface area contributed by atoms with E-state index in [0.717, 1.165) is 12.8 Å². The normalized spacial score (nSPS) is 13.4. The van der Waals surface area contributed by atoms with Gasteiger partial charge in [0.1, 0.15) is 18.1 Å². The minimum absolute atomic E-state index is 0.143. The quantitative estimate of drug-likeness (QED) is 0.172. The van der Waals surface area contributed by atoms with Crippen molar-refractivity contribution >= 4 is 29.6 Å². The SMILES string of the molecule is CC(=O)NCCCC[C@H](NC(=O)CCCCCN)C(=O)N[C@H](C)C(=O)N[C@@H](C)C(=O)O. The number of aliphatic carboxylic acids is 1. The smallest absolute Gasteiger partial charge is 0.325 e. The molecular weight excluding hydrogens is 406 g/mol. The molecule has 178 valence electrons. The summed E-state index contributed by atoms with van der Waals surface area (Å²) in [7, 11) is 0. The Morgan fingerprint density at radius 3 is 2.06 bits per heavy atom. The molecule has 0 rings (SSSR count). The monoisotopic (exact) mass is 443 g/mol. The third kappa shape index (κ3) is 14.0. The molecule has 0 aliphatic rings. The number of carboxylic acid groups (broad SMARTS) is 1. The fourth-order valence-electron chi connectivity index (χ4n) is 2.66. The fourth-order valence-corrected chi connectivity index (χ4v) is 2.66. The van der Waals surface area contributed by atoms with Gasteiger partial charge in [0, 0.05) is 19.9 Å². The summed E-state index contributed by atoms with van der Waals surface area (Å²) >= 11 is 0. The summed E-state index contributed by atoms with van der Waals surface area (Å²) in [5.41, 5.74) is 5.44. The zero-order valence-electron chi connectivity index (χ0n) is 18.7. The Labute approximate surface area is 183 Å². The Kier molecular flexibility index (Phi) is 14.7. The van der Waals surface area contributed by atoms with E-state index >= 15 is 0 Å². The van der Waals surface area contributed by atoms with Crippen LogP contribution in [0.25, 0.3) is 0 Å². The average molecular weight is 444 g/mol. The number of unbranched alkanes of at least 4 members (excludes halogenated alkanes) is 3. The Morgan fingerprint density at radius 2 is 1.48 bits per heavy atom. The molecule has 4 amide bonds. The van der Waals surface area contributed by atoms with Gasteiger partial charge in [-0.25, -0.2) is 0 Å². The highest BCUT2D eigenvalue weighted by Crippen LogP contribution is 2.05. The molecule has 0 saturated carbocycles. The molecule has 0 fully saturated rings. The summed E-state index contributed by atoms with van der Waals surface area (Å²) in [6.07, 6.45) is 4.09. The average Bonchev–Trinajstić information content (AvgIpc) is 2.69. The van der Waals surface area contributed by atoms with Gasteiger partial charge < -0.3 is 32.1 Å². The predicted molar refractivity (Wildman–Crippen MR) is 115 cm³/mol. The fraction of sp³-hybridized carbons (Fsp3) is 0.750. The maximum absolute atomic E-state index is 12.7. The van der Waals surface area contributed by atoms with E-state index in [2.05, 4.69) is 21.3 Å². The summed E-state index contributed by atoms with van der Waals surface area (Å²) in [6, 6.07) is -2.91. The topological polar surface area (TPSA) is 180 Å². The highest BCUT2D eigenvalue weighted by molar-refractivity contribution is 5.93. The second-order valence-corrected chi connectivity index (χ2v) is 7.50. The van der Waals surface area contributed by atoms with E-state index in [9.17, 15) is 24.0 Å². The standard InChI is InChI=1S/C20H37N5O6/c1-13(18(28)24-14(2)20(30)31)23-19(29)16(9-6-8-12-22-15(3)26)25-17(27)10-5-4-7-11-21/h13-14,16H,4-12,21H2,1-3H3,(H,22,26)(H,23,29)(H,24,28)(H,25,27)(H,30,31)/t13-,14+,16+/m1/s1. The number of hydrogen-bond acceptors (Lipinski definition) is 6. The zero-order chi connectivity index (χ0) is 23.8. The molecule has 0 bridgehead atoms. The van der Waals surface area contributed by atoms with Gasteiger partial charge in [-0.05, 0) is 52.5 Å². The number of carbonyl (C=O) groups is 5. The predicted octanol–water partition coefficient (Wildman–Crippen LogP) is -0.609. The first-order chi connectivity index (χ1) is 14.6. The molecule has 0 unspecified atom stereocenters. The largest absolute Gasteiger partial charge is 0.480 e. The van der Waals surface area contributed by atoms with Crippen molar-refractivity contribution in [3.8, 4) is 0 Å². The van der Waals surface area contributed by atoms with Crippen LogP contribution in [0.15, 0.2) is 0 Å². The van der Waals surface area contributed by atoms with Crippen molar-refractivity contribution in [2.24, 2.45) is 5.73 Å². The van der Waals surface area contributed by atoms with Gasteiger partial charge in [0.25, 0.3) is 0 Å². The van der Waals surface area contributed by atoms with Gasteiger partial charge in [-0.3, -0.25) is 24.0 Å². The summed E-state index contributed by atoms with van der Waals surface area (Å²) in [5, 5.41) is 19.0. The molecule has 31 heavy (non-hydrogen) atoms. The number of amides is 4. The van der Waals surface area contributed by atoms with Crippen molar-refractivity contribution < 1.29 is 29.1 Å². The van der Waals surface area contributed by atoms with Crippen molar-refractivity contribution in [3.63, 3.8) is 0 Å². The number of rotatable bonds is 16. The van der Waals surface area contributed by atoms with Gasteiger partial charge in [-0.15, -0.1) is 0 Å². The van der Waals surface area contributed by atoms with Crippen LogP contribution in [0.4, 0.5) is 0 Å². The molecule has 0 aliphatic heterocycles. The molecule has 0 spiro atoms. The second-order valence-electron chi connectivity index (χ2n) is 7.50. The first-order valence-electron chi connectivity index (χ1n) is 10.7. The summed E-state index contributed by atoms with van der Waals surface area (Å²) < 4.78 is 0. The first kappa shape index (κ1) is 28.3. The van der Waals surface area contributed by atoms with Gasteiger partial charge in [0.05, 0.1) is 0 Å². The third-order valence-corrected chi connectivity index (χ3v) is 4.53. The summed E-state index contributed by atoms with van der Waals surface area (Å²) in [5.74, 6) is -2.77. The maximum atomic E-state index is 12.7. The minimum atomic E-state index is -1.19. The van der Waals surface area contributed by atoms with Crippen molar-refractivity contribution in [2.45, 2.75) is 83.8 Å². The molecular formula is C20H37N5O6. The molecule has 0 aromatic heterocycles. The van der Waals surface area contributed by atoms with Crippen molar-refractivity contribution in [3.05, 3.63) is 0 Å². The number of nitrogens with one attached hydrogen (secondary N) is 4. The molecule has 0 heterocycles. The molecule has 0 aliphatic carbocycles. The molecule has 7 N–H and O–H groups in total. The Bertz CT molecular complexity index is 613. The molecule has 0 saturated heterocycles. The van der Waals surface area contributed by atoms with E-state index < -0.39 is 35.9 Å². The van der Waals surface area contributed by atoms with Crippen LogP contribution < -0.4 is 27.0 Å². The summed E-state index contributed by atoms with van der Waals surface area (Å²) in [6.45, 7) is 5.19. The lowest BCUT2D eigenvalue weighted by atomic mass is 10.1. The number of nitrogens with two attached hydrogens (primary N) is 1. The van der Waals surface area contributed by atoms with Crippen molar-refractivity contribution in [1.29, 1.82) is 0 Å². The van der Waals surface area contributed by atoms with E-state index in [1.165, 1.54) is 20.8 Å². The van der Waals surface area contributed by atoms with Crippen LogP contribution in [0.3, 0.4) is 0 Å². The van der Waals surface area contributed by atoms with Gasteiger partial charge in [-0.2, -0.15) is 0 Å². The highest BCUT2D eigenvalue weighted by atomic mass is 16.4. The lowest BCUT2D eigenvalue weighted by Gasteiger charge is -2.22. The van der Waals surface area contributed by atoms with Crippen LogP contribution in [0.1, 0.15) is 65.7 Å². The van der Waals surface area contributed by atoms with E-state index in [4.69, 9.17) is 10.8 Å². The molecule has 11 heteroatoms. The van der Waals surface area contributed by atoms with Crippen molar-refractivity contribution in [2.75, 3.05) is 13.1 Å². The van der Waals surface area contributed by atoms with Gasteiger partial charge >= 0.3 is 5.97 Å². The number of hydrogen-bond donors (Lipinski definition) is 6. The van der Waals surface area contributed by atoms with Gasteiger partial charge in [0.2, 0.25) is 23.6 Å². The minimum Gasteiger partial charge on any atom is -0.480 e. The Morgan fingerprint density at radius 1 is 0.839 bits per heavy atom. The molecule has 0 aromatic carbocycles. The van der Waals surface area contributed by atoms with Gasteiger partial charge in [0.15, 0.2) is 0 Å². The van der Waals surface area contributed by atoms with Crippen LogP contribution in [-0.4, -0.2) is 65.9 Å². The number of carboxylic acids is 1. The number of carbonyl (C=O) groups excluding carboxylic acids is 4. The van der Waals surface area contributed by atoms with Crippen LogP contribution in [0.5, 0.6) is 0 Å². The van der Waals surface area contributed by atoms with E-state index in [0.29, 0.717) is 38.8 Å². The van der Waals surface area contributed by atoms with E-state index in [1.54, 1.807) is 0 Å². The zero-order valence-corrected chi connectivity index (χ0v) is 18.7. The molecule has 0 aromatic rings. The van der Waals surface area contributed by atoms with Crippen LogP contribution in [0.2, 0.25) is 0 Å². The van der Waals surface area contributed by atoms with E-state index in [-0.39, 0.29) is 18.2 Å². The van der Waals surface area contributed by atoms with E-state index in [1.807, 2.05) is 0 Å². The van der Waals surface area contributed by atoms with Gasteiger partial charge in [-0.1, -0.05) is 6.42 Å². The van der Waals surface area contributed by atoms with Crippen molar-refractivity contribution in [1.82, 2.24) is 21.3 Å². The highest BCUT2D eigenvalue weighted by Gasteiger charge is 2.25. The first-order valence-corrected chi connectivity index (χ1v) is 10.7. The maximum Gasteiger partial charge on any atom is 0.325 e. The lowest BCUT2D eigenvalue weighted by Crippen LogP contribution is -2.54. The molecule has 0 radical (unpaired) electrons.